The van der Waals surface area contributed by atoms with Gasteiger partial charge in [-0.25, -0.2) is 4.98 Å². The lowest BCUT2D eigenvalue weighted by Gasteiger charge is -2.38. The van der Waals surface area contributed by atoms with Gasteiger partial charge in [-0.15, -0.1) is 0 Å². The third kappa shape index (κ3) is 3.74. The van der Waals surface area contributed by atoms with E-state index in [0.29, 0.717) is 18.4 Å². The Morgan fingerprint density at radius 3 is 2.67 bits per heavy atom. The average molecular weight is 440 g/mol. The molecule has 3 aliphatic rings. The molecular formula is C27H29N5O. The Balaban J connectivity index is 1.26. The zero-order valence-electron chi connectivity index (χ0n) is 18.8. The number of carbonyl (C=O) groups is 1. The molecular weight excluding hydrogens is 410 g/mol. The molecule has 1 aromatic heterocycles. The Morgan fingerprint density at radius 2 is 1.79 bits per heavy atom. The molecule has 0 bridgehead atoms. The fraction of sp³-hybridized carbons (Fsp3) is 0.333. The van der Waals surface area contributed by atoms with Gasteiger partial charge in [0, 0.05) is 60.8 Å². The predicted molar refractivity (Wildman–Crippen MR) is 132 cm³/mol. The van der Waals surface area contributed by atoms with Crippen molar-refractivity contribution in [2.45, 2.75) is 25.3 Å². The molecule has 4 heterocycles. The van der Waals surface area contributed by atoms with Crippen molar-refractivity contribution in [1.82, 2.24) is 15.2 Å². The van der Waals surface area contributed by atoms with E-state index in [1.54, 1.807) is 0 Å². The number of anilines is 2. The van der Waals surface area contributed by atoms with Gasteiger partial charge in [0.2, 0.25) is 0 Å². The van der Waals surface area contributed by atoms with Crippen molar-refractivity contribution in [3.8, 4) is 22.3 Å². The molecule has 6 rings (SSSR count). The van der Waals surface area contributed by atoms with Crippen LogP contribution < -0.4 is 16.0 Å². The smallest absolute Gasteiger partial charge is 0.251 e. The number of nitrogens with zero attached hydrogens (tertiary/aromatic N) is 3. The number of aromatic nitrogens is 1. The van der Waals surface area contributed by atoms with Gasteiger partial charge in [0.25, 0.3) is 5.91 Å². The summed E-state index contributed by atoms with van der Waals surface area (Å²) in [4.78, 5) is 21.7. The summed E-state index contributed by atoms with van der Waals surface area (Å²) in [7, 11) is 0. The number of nitrogen functional groups attached to an aromatic ring is 1. The summed E-state index contributed by atoms with van der Waals surface area (Å²) in [5.74, 6) is 0.502. The molecule has 0 spiro atoms. The zero-order chi connectivity index (χ0) is 22.4. The standard InChI is InChI=1S/C27H29N5O/c28-26-25(19-5-8-24-20(14-19)9-10-29-27(24)33)15-21(16-30-26)18-3-6-22(7-4-18)32-13-12-31-11-1-2-23(31)17-32/h3-8,14-16,23H,1-2,9-13,17H2,(H2,28,30)(H,29,33). The number of benzene rings is 2. The van der Waals surface area contributed by atoms with Crippen molar-refractivity contribution in [3.63, 3.8) is 0 Å². The van der Waals surface area contributed by atoms with Crippen LogP contribution in [0.3, 0.4) is 0 Å². The summed E-state index contributed by atoms with van der Waals surface area (Å²) >= 11 is 0. The van der Waals surface area contributed by atoms with Crippen molar-refractivity contribution in [1.29, 1.82) is 0 Å². The molecule has 3 N–H and O–H groups in total. The number of nitrogens with two attached hydrogens (primary N) is 1. The molecule has 6 heteroatoms. The monoisotopic (exact) mass is 439 g/mol. The van der Waals surface area contributed by atoms with E-state index in [2.05, 4.69) is 56.5 Å². The highest BCUT2D eigenvalue weighted by molar-refractivity contribution is 5.97. The first-order valence-electron chi connectivity index (χ1n) is 11.9. The van der Waals surface area contributed by atoms with Crippen LogP contribution in [0.4, 0.5) is 11.5 Å². The Bertz CT molecular complexity index is 1210. The third-order valence-corrected chi connectivity index (χ3v) is 7.41. The average Bonchev–Trinajstić information content (AvgIpc) is 3.32. The Kier molecular flexibility index (Phi) is 5.03. The van der Waals surface area contributed by atoms with Crippen LogP contribution in [-0.4, -0.2) is 54.6 Å². The molecule has 2 aromatic carbocycles. The maximum absolute atomic E-state index is 12.1. The number of hydrogen-bond acceptors (Lipinski definition) is 5. The van der Waals surface area contributed by atoms with Crippen molar-refractivity contribution in [2.75, 3.05) is 43.4 Å². The highest BCUT2D eigenvalue weighted by atomic mass is 16.1. The molecule has 0 aliphatic carbocycles. The lowest BCUT2D eigenvalue weighted by atomic mass is 9.94. The largest absolute Gasteiger partial charge is 0.383 e. The maximum Gasteiger partial charge on any atom is 0.251 e. The van der Waals surface area contributed by atoms with E-state index < -0.39 is 0 Å². The highest BCUT2D eigenvalue weighted by Gasteiger charge is 2.30. The summed E-state index contributed by atoms with van der Waals surface area (Å²) in [6.45, 7) is 5.33. The number of hydrogen-bond donors (Lipinski definition) is 2. The number of fused-ring (bicyclic) bond motifs is 2. The van der Waals surface area contributed by atoms with E-state index in [0.717, 1.165) is 52.9 Å². The highest BCUT2D eigenvalue weighted by Crippen LogP contribution is 2.33. The van der Waals surface area contributed by atoms with Crippen molar-refractivity contribution < 1.29 is 4.79 Å². The number of piperazine rings is 1. The van der Waals surface area contributed by atoms with Gasteiger partial charge in [-0.05, 0) is 66.8 Å². The summed E-state index contributed by atoms with van der Waals surface area (Å²) in [6, 6.07) is 17.6. The van der Waals surface area contributed by atoms with Crippen LogP contribution in [0.15, 0.2) is 54.7 Å². The number of pyridine rings is 1. The first-order chi connectivity index (χ1) is 16.2. The molecule has 168 valence electrons. The SMILES string of the molecule is Nc1ncc(-c2ccc(N3CCN4CCCC4C3)cc2)cc1-c1ccc2c(c1)CCNC2=O. The van der Waals surface area contributed by atoms with Crippen LogP contribution in [-0.2, 0) is 6.42 Å². The molecule has 2 fully saturated rings. The number of rotatable bonds is 3. The molecule has 3 aliphatic heterocycles. The van der Waals surface area contributed by atoms with Crippen molar-refractivity contribution >= 4 is 17.4 Å². The molecule has 2 saturated heterocycles. The van der Waals surface area contributed by atoms with Crippen LogP contribution >= 0.6 is 0 Å². The quantitative estimate of drug-likeness (QED) is 0.653. The topological polar surface area (TPSA) is 74.5 Å². The molecule has 33 heavy (non-hydrogen) atoms. The van der Waals surface area contributed by atoms with Gasteiger partial charge in [0.1, 0.15) is 5.82 Å². The minimum Gasteiger partial charge on any atom is -0.383 e. The van der Waals surface area contributed by atoms with E-state index in [4.69, 9.17) is 5.73 Å². The summed E-state index contributed by atoms with van der Waals surface area (Å²) < 4.78 is 0. The first-order valence-corrected chi connectivity index (χ1v) is 11.9. The second-order valence-corrected chi connectivity index (χ2v) is 9.36. The molecule has 1 amide bonds. The van der Waals surface area contributed by atoms with E-state index in [9.17, 15) is 4.79 Å². The van der Waals surface area contributed by atoms with Gasteiger partial charge in [0.05, 0.1) is 0 Å². The summed E-state index contributed by atoms with van der Waals surface area (Å²) in [5, 5.41) is 2.90. The van der Waals surface area contributed by atoms with Gasteiger partial charge in [-0.1, -0.05) is 24.3 Å². The Morgan fingerprint density at radius 1 is 0.939 bits per heavy atom. The van der Waals surface area contributed by atoms with Crippen LogP contribution in [0.2, 0.25) is 0 Å². The van der Waals surface area contributed by atoms with Crippen LogP contribution in [0.5, 0.6) is 0 Å². The van der Waals surface area contributed by atoms with Crippen molar-refractivity contribution in [2.24, 2.45) is 0 Å². The fourth-order valence-electron chi connectivity index (χ4n) is 5.55. The molecule has 1 atom stereocenters. The second-order valence-electron chi connectivity index (χ2n) is 9.36. The van der Waals surface area contributed by atoms with Gasteiger partial charge in [-0.2, -0.15) is 0 Å². The number of carbonyl (C=O) groups excluding carboxylic acids is 1. The van der Waals surface area contributed by atoms with Crippen LogP contribution in [0.25, 0.3) is 22.3 Å². The predicted octanol–water partition coefficient (Wildman–Crippen LogP) is 3.57. The van der Waals surface area contributed by atoms with Crippen LogP contribution in [0.1, 0.15) is 28.8 Å². The second kappa shape index (κ2) is 8.19. The Labute approximate surface area is 194 Å². The fourth-order valence-corrected chi connectivity index (χ4v) is 5.55. The molecule has 1 unspecified atom stereocenters. The lowest BCUT2D eigenvalue weighted by molar-refractivity contribution is 0.0946. The molecule has 3 aromatic rings. The number of amides is 1. The molecule has 0 saturated carbocycles. The van der Waals surface area contributed by atoms with E-state index >= 15 is 0 Å². The van der Waals surface area contributed by atoms with E-state index in [1.165, 1.54) is 31.6 Å². The maximum atomic E-state index is 12.1. The van der Waals surface area contributed by atoms with Gasteiger partial charge in [0.15, 0.2) is 0 Å². The van der Waals surface area contributed by atoms with E-state index in [-0.39, 0.29) is 5.91 Å². The van der Waals surface area contributed by atoms with Crippen LogP contribution in [0, 0.1) is 0 Å². The third-order valence-electron chi connectivity index (χ3n) is 7.41. The van der Waals surface area contributed by atoms with Gasteiger partial charge >= 0.3 is 0 Å². The zero-order valence-corrected chi connectivity index (χ0v) is 18.8. The first kappa shape index (κ1) is 20.2. The molecule has 6 nitrogen and oxygen atoms in total. The summed E-state index contributed by atoms with van der Waals surface area (Å²) in [5.41, 5.74) is 13.5. The Hall–Kier alpha value is -3.38. The number of nitrogens with one attached hydrogen (secondary N) is 1. The molecule has 0 radical (unpaired) electrons. The van der Waals surface area contributed by atoms with E-state index in [1.807, 2.05) is 18.3 Å². The summed E-state index contributed by atoms with van der Waals surface area (Å²) in [6.07, 6.45) is 5.33. The van der Waals surface area contributed by atoms with Crippen molar-refractivity contribution in [3.05, 3.63) is 65.9 Å². The minimum absolute atomic E-state index is 0.00270. The van der Waals surface area contributed by atoms with Gasteiger partial charge in [-0.3, -0.25) is 9.69 Å². The minimum atomic E-state index is -0.00270. The van der Waals surface area contributed by atoms with Gasteiger partial charge < -0.3 is 16.0 Å². The lowest BCUT2D eigenvalue weighted by Crippen LogP contribution is -2.50. The normalized spacial score (nSPS) is 20.3.